The molecule has 4 heterocycles. The Labute approximate surface area is 177 Å². The number of ether oxygens (including phenoxy) is 2. The lowest BCUT2D eigenvalue weighted by Gasteiger charge is -2.33. The van der Waals surface area contributed by atoms with Gasteiger partial charge in [-0.2, -0.15) is 0 Å². The van der Waals surface area contributed by atoms with Crippen LogP contribution in [0.25, 0.3) is 0 Å². The predicted octanol–water partition coefficient (Wildman–Crippen LogP) is 1.43. The van der Waals surface area contributed by atoms with E-state index in [4.69, 9.17) is 24.3 Å². The van der Waals surface area contributed by atoms with Gasteiger partial charge in [0, 0.05) is 12.0 Å². The summed E-state index contributed by atoms with van der Waals surface area (Å²) >= 11 is 0. The van der Waals surface area contributed by atoms with E-state index >= 15 is 0 Å². The molecular formula is C18H29N6O5P. The van der Waals surface area contributed by atoms with Crippen LogP contribution >= 0.6 is 8.53 Å². The quantitative estimate of drug-likeness (QED) is 0.438. The van der Waals surface area contributed by atoms with Gasteiger partial charge in [-0.15, -0.1) is 0 Å². The first-order valence-electron chi connectivity index (χ1n) is 10.1. The third kappa shape index (κ3) is 4.17. The van der Waals surface area contributed by atoms with Crippen molar-refractivity contribution in [2.75, 3.05) is 35.8 Å². The molecule has 11 nitrogen and oxygen atoms in total. The van der Waals surface area contributed by atoms with E-state index in [2.05, 4.69) is 27.3 Å². The van der Waals surface area contributed by atoms with Crippen molar-refractivity contribution >= 4 is 31.8 Å². The summed E-state index contributed by atoms with van der Waals surface area (Å²) in [5, 5.41) is 6.52. The van der Waals surface area contributed by atoms with E-state index in [9.17, 15) is 4.79 Å². The largest absolute Gasteiger partial charge is 0.464 e. The number of fused-ring (bicyclic) bond motifs is 2. The lowest BCUT2D eigenvalue weighted by Crippen LogP contribution is -2.41. The number of aromatic nitrogens is 2. The molecule has 0 bridgehead atoms. The molecule has 4 N–H and O–H groups in total. The predicted molar refractivity (Wildman–Crippen MR) is 111 cm³/mol. The molecule has 5 unspecified atom stereocenters. The van der Waals surface area contributed by atoms with Crippen LogP contribution < -0.4 is 21.0 Å². The maximum absolute atomic E-state index is 11.7. The fourth-order valence-corrected chi connectivity index (χ4v) is 5.17. The Balaban J connectivity index is 1.34. The smallest absolute Gasteiger partial charge is 0.308 e. The average Bonchev–Trinajstić information content (AvgIpc) is 3.28. The fourth-order valence-electron chi connectivity index (χ4n) is 3.70. The summed E-state index contributed by atoms with van der Waals surface area (Å²) in [5.41, 5.74) is 6.68. The zero-order valence-electron chi connectivity index (χ0n) is 17.6. The normalized spacial score (nSPS) is 31.2. The standard InChI is InChI=1S/C18H29N6O5P/c1-9(2)18(25)26-5-10(3)23-30-27-6-12-14(29-30)11(4)17(28-12)24-8-22-13-15(19)20-7-21-16(13)24/h7,9-12,14,17,22-23H,5-6,8H2,1-4H3,(H2,19,20,21)/t10?,11?,12?,14-,17?,30?/m0/s1. The minimum atomic E-state index is -1.31. The maximum Gasteiger partial charge on any atom is 0.308 e. The molecule has 4 rings (SSSR count). The second-order valence-corrected chi connectivity index (χ2v) is 9.37. The van der Waals surface area contributed by atoms with Crippen LogP contribution in [0.1, 0.15) is 27.7 Å². The van der Waals surface area contributed by atoms with Gasteiger partial charge in [-0.3, -0.25) is 4.79 Å². The summed E-state index contributed by atoms with van der Waals surface area (Å²) in [7, 11) is -1.31. The number of nitrogen functional groups attached to an aromatic ring is 1. The average molecular weight is 440 g/mol. The molecule has 0 spiro atoms. The van der Waals surface area contributed by atoms with E-state index in [0.717, 1.165) is 11.5 Å². The molecule has 6 atom stereocenters. The number of rotatable bonds is 6. The van der Waals surface area contributed by atoms with Crippen LogP contribution in [0.2, 0.25) is 0 Å². The molecule has 12 heteroatoms. The van der Waals surface area contributed by atoms with Gasteiger partial charge in [0.2, 0.25) is 0 Å². The zero-order chi connectivity index (χ0) is 21.4. The van der Waals surface area contributed by atoms with Crippen molar-refractivity contribution in [2.45, 2.75) is 52.2 Å². The van der Waals surface area contributed by atoms with E-state index in [1.54, 1.807) is 0 Å². The van der Waals surface area contributed by atoms with Crippen molar-refractivity contribution in [3.05, 3.63) is 6.33 Å². The number of hydrogen-bond acceptors (Lipinski definition) is 11. The molecule has 30 heavy (non-hydrogen) atoms. The number of nitrogens with zero attached hydrogens (tertiary/aromatic N) is 3. The SMILES string of the molecule is CC(COC(=O)C(C)C)NP1OCC2OC(N3CNc4c(N)ncnc43)C(C)[C@@H]2O1. The van der Waals surface area contributed by atoms with Crippen LogP contribution in [0.15, 0.2) is 6.33 Å². The molecule has 166 valence electrons. The van der Waals surface area contributed by atoms with Gasteiger partial charge >= 0.3 is 5.97 Å². The molecule has 1 aromatic heterocycles. The Morgan fingerprint density at radius 2 is 2.27 bits per heavy atom. The van der Waals surface area contributed by atoms with Gasteiger partial charge in [-0.25, -0.2) is 15.1 Å². The number of hydrogen-bond donors (Lipinski definition) is 3. The third-order valence-electron chi connectivity index (χ3n) is 5.36. The summed E-state index contributed by atoms with van der Waals surface area (Å²) in [4.78, 5) is 22.1. The van der Waals surface area contributed by atoms with E-state index in [0.29, 0.717) is 19.1 Å². The summed E-state index contributed by atoms with van der Waals surface area (Å²) in [5.74, 6) is 0.880. The second kappa shape index (κ2) is 8.76. The minimum absolute atomic E-state index is 0.0851. The molecule has 0 saturated carbocycles. The second-order valence-electron chi connectivity index (χ2n) is 8.12. The van der Waals surface area contributed by atoms with E-state index in [1.807, 2.05) is 25.7 Å². The number of anilines is 3. The lowest BCUT2D eigenvalue weighted by atomic mass is 10.0. The molecule has 0 aliphatic carbocycles. The molecule has 0 aromatic carbocycles. The molecular weight excluding hydrogens is 411 g/mol. The third-order valence-corrected chi connectivity index (χ3v) is 6.83. The van der Waals surface area contributed by atoms with Crippen molar-refractivity contribution in [2.24, 2.45) is 11.8 Å². The summed E-state index contributed by atoms with van der Waals surface area (Å²) in [6.45, 7) is 8.90. The topological polar surface area (TPSA) is 133 Å². The molecule has 0 radical (unpaired) electrons. The highest BCUT2D eigenvalue weighted by atomic mass is 31.2. The van der Waals surface area contributed by atoms with E-state index in [1.165, 1.54) is 6.33 Å². The lowest BCUT2D eigenvalue weighted by molar-refractivity contribution is -0.147. The summed E-state index contributed by atoms with van der Waals surface area (Å²) in [6, 6.07) is -0.0851. The van der Waals surface area contributed by atoms with Crippen molar-refractivity contribution in [3.63, 3.8) is 0 Å². The highest BCUT2D eigenvalue weighted by Crippen LogP contribution is 2.48. The van der Waals surface area contributed by atoms with Crippen molar-refractivity contribution in [1.29, 1.82) is 0 Å². The van der Waals surface area contributed by atoms with Crippen LogP contribution in [0.3, 0.4) is 0 Å². The van der Waals surface area contributed by atoms with Gasteiger partial charge in [-0.1, -0.05) is 20.8 Å². The van der Waals surface area contributed by atoms with Gasteiger partial charge in [0.05, 0.1) is 19.2 Å². The van der Waals surface area contributed by atoms with Crippen LogP contribution in [0.4, 0.5) is 17.3 Å². The van der Waals surface area contributed by atoms with Crippen molar-refractivity contribution in [3.8, 4) is 0 Å². The Kier molecular flexibility index (Phi) is 6.26. The zero-order valence-corrected chi connectivity index (χ0v) is 18.5. The summed E-state index contributed by atoms with van der Waals surface area (Å²) < 4.78 is 23.6. The number of nitrogens with one attached hydrogen (secondary N) is 2. The van der Waals surface area contributed by atoms with Crippen LogP contribution in [0.5, 0.6) is 0 Å². The molecule has 3 aliphatic rings. The van der Waals surface area contributed by atoms with Crippen LogP contribution in [-0.4, -0.2) is 60.3 Å². The molecule has 2 saturated heterocycles. The first kappa shape index (κ1) is 21.5. The summed E-state index contributed by atoms with van der Waals surface area (Å²) in [6.07, 6.45) is 0.960. The molecule has 2 fully saturated rings. The highest BCUT2D eigenvalue weighted by Gasteiger charge is 2.50. The number of esters is 1. The van der Waals surface area contributed by atoms with E-state index < -0.39 is 8.53 Å². The Bertz CT molecular complexity index is 785. The monoisotopic (exact) mass is 440 g/mol. The van der Waals surface area contributed by atoms with Crippen molar-refractivity contribution < 1.29 is 23.3 Å². The van der Waals surface area contributed by atoms with Gasteiger partial charge in [0.15, 0.2) is 11.6 Å². The molecule has 0 amide bonds. The van der Waals surface area contributed by atoms with Gasteiger partial charge < -0.3 is 34.5 Å². The van der Waals surface area contributed by atoms with Crippen LogP contribution in [0, 0.1) is 11.8 Å². The fraction of sp³-hybridized carbons (Fsp3) is 0.722. The number of nitrogens with two attached hydrogens (primary N) is 1. The Morgan fingerprint density at radius 1 is 1.47 bits per heavy atom. The van der Waals surface area contributed by atoms with Gasteiger partial charge in [-0.05, 0) is 6.92 Å². The molecule has 3 aliphatic heterocycles. The minimum Gasteiger partial charge on any atom is -0.464 e. The molecule has 1 aromatic rings. The number of carbonyl (C=O) groups excluding carboxylic acids is 1. The van der Waals surface area contributed by atoms with Crippen molar-refractivity contribution in [1.82, 2.24) is 15.1 Å². The highest BCUT2D eigenvalue weighted by molar-refractivity contribution is 7.45. The van der Waals surface area contributed by atoms with Crippen LogP contribution in [-0.2, 0) is 23.3 Å². The number of carbonyl (C=O) groups is 1. The van der Waals surface area contributed by atoms with Gasteiger partial charge in [0.25, 0.3) is 8.53 Å². The van der Waals surface area contributed by atoms with E-state index in [-0.39, 0.29) is 48.9 Å². The first-order chi connectivity index (χ1) is 14.3. The Morgan fingerprint density at radius 3 is 3.03 bits per heavy atom. The maximum atomic E-state index is 11.7. The van der Waals surface area contributed by atoms with Gasteiger partial charge in [0.1, 0.15) is 37.1 Å². The Hall–Kier alpha value is -1.78. The first-order valence-corrected chi connectivity index (χ1v) is 11.3.